The Morgan fingerprint density at radius 1 is 1.35 bits per heavy atom. The number of hydrogen-bond donors (Lipinski definition) is 0. The van der Waals surface area contributed by atoms with Gasteiger partial charge < -0.3 is 0 Å². The molecule has 0 unspecified atom stereocenters. The second-order valence-electron chi connectivity index (χ2n) is 4.41. The van der Waals surface area contributed by atoms with E-state index in [9.17, 15) is 0 Å². The molecule has 2 heterocycles. The first-order valence-electron chi connectivity index (χ1n) is 5.59. The number of nitrogens with zero attached hydrogens (tertiary/aromatic N) is 4. The molecule has 2 rings (SSSR count). The van der Waals surface area contributed by atoms with Crippen LogP contribution in [-0.4, -0.2) is 14.8 Å². The predicted octanol–water partition coefficient (Wildman–Crippen LogP) is 2.34. The molecule has 4 nitrogen and oxygen atoms in total. The van der Waals surface area contributed by atoms with Crippen molar-refractivity contribution in [2.24, 2.45) is 5.92 Å². The van der Waals surface area contributed by atoms with Crippen molar-refractivity contribution in [2.45, 2.75) is 20.3 Å². The Labute approximate surface area is 101 Å². The lowest BCUT2D eigenvalue weighted by atomic mass is 10.1. The van der Waals surface area contributed by atoms with Crippen LogP contribution in [0.5, 0.6) is 0 Å². The molecule has 2 aromatic rings. The molecule has 0 saturated carbocycles. The third-order valence-electron chi connectivity index (χ3n) is 2.40. The summed E-state index contributed by atoms with van der Waals surface area (Å²) in [6.07, 6.45) is 6.09. The Morgan fingerprint density at radius 3 is 2.71 bits per heavy atom. The Hall–Kier alpha value is -2.15. The molecule has 0 saturated heterocycles. The maximum absolute atomic E-state index is 8.72. The van der Waals surface area contributed by atoms with Crippen molar-refractivity contribution in [3.8, 4) is 11.9 Å². The SMILES string of the molecule is CC(C)Cc1ccc(-n2cc(C#N)cn2)nc1. The number of aromatic nitrogens is 3. The van der Waals surface area contributed by atoms with E-state index in [1.165, 1.54) is 11.8 Å². The van der Waals surface area contributed by atoms with Crippen LogP contribution in [0.1, 0.15) is 25.0 Å². The highest BCUT2D eigenvalue weighted by atomic mass is 15.3. The van der Waals surface area contributed by atoms with Gasteiger partial charge in [0.15, 0.2) is 5.82 Å². The van der Waals surface area contributed by atoms with Gasteiger partial charge in [-0.15, -0.1) is 0 Å². The first-order chi connectivity index (χ1) is 8.19. The van der Waals surface area contributed by atoms with Crippen LogP contribution in [0.3, 0.4) is 0 Å². The molecule has 4 heteroatoms. The summed E-state index contributed by atoms with van der Waals surface area (Å²) in [4.78, 5) is 4.34. The first-order valence-corrected chi connectivity index (χ1v) is 5.59. The van der Waals surface area contributed by atoms with Gasteiger partial charge in [0.05, 0.1) is 18.0 Å². The summed E-state index contributed by atoms with van der Waals surface area (Å²) in [5, 5.41) is 12.8. The third kappa shape index (κ3) is 2.70. The van der Waals surface area contributed by atoms with Gasteiger partial charge in [0, 0.05) is 6.20 Å². The van der Waals surface area contributed by atoms with E-state index in [-0.39, 0.29) is 0 Å². The van der Waals surface area contributed by atoms with E-state index in [1.807, 2.05) is 18.3 Å². The number of hydrogen-bond acceptors (Lipinski definition) is 3. The van der Waals surface area contributed by atoms with Gasteiger partial charge in [-0.05, 0) is 24.0 Å². The normalized spacial score (nSPS) is 10.5. The van der Waals surface area contributed by atoms with Gasteiger partial charge in [-0.2, -0.15) is 10.4 Å². The molecule has 0 aliphatic rings. The summed E-state index contributed by atoms with van der Waals surface area (Å²) in [7, 11) is 0. The third-order valence-corrected chi connectivity index (χ3v) is 2.40. The van der Waals surface area contributed by atoms with Gasteiger partial charge in [-0.25, -0.2) is 9.67 Å². The summed E-state index contributed by atoms with van der Waals surface area (Å²) in [6.45, 7) is 4.36. The van der Waals surface area contributed by atoms with Crippen molar-refractivity contribution in [3.05, 3.63) is 41.9 Å². The average molecular weight is 226 g/mol. The van der Waals surface area contributed by atoms with Crippen LogP contribution in [0.15, 0.2) is 30.7 Å². The second-order valence-corrected chi connectivity index (χ2v) is 4.41. The summed E-state index contributed by atoms with van der Waals surface area (Å²) in [5.41, 5.74) is 1.76. The van der Waals surface area contributed by atoms with Crippen LogP contribution in [0.25, 0.3) is 5.82 Å². The molecule has 0 aliphatic heterocycles. The molecule has 0 atom stereocenters. The lowest BCUT2D eigenvalue weighted by Crippen LogP contribution is -2.00. The Balaban J connectivity index is 2.20. The molecule has 0 aliphatic carbocycles. The molecule has 0 spiro atoms. The van der Waals surface area contributed by atoms with E-state index in [0.717, 1.165) is 12.2 Å². The zero-order chi connectivity index (χ0) is 12.3. The highest BCUT2D eigenvalue weighted by molar-refractivity contribution is 5.29. The van der Waals surface area contributed by atoms with Crippen LogP contribution in [0.2, 0.25) is 0 Å². The molecule has 0 bridgehead atoms. The molecule has 17 heavy (non-hydrogen) atoms. The Kier molecular flexibility index (Phi) is 3.20. The summed E-state index contributed by atoms with van der Waals surface area (Å²) >= 11 is 0. The monoisotopic (exact) mass is 226 g/mol. The van der Waals surface area contributed by atoms with Crippen molar-refractivity contribution in [3.63, 3.8) is 0 Å². The average Bonchev–Trinajstić information content (AvgIpc) is 2.78. The van der Waals surface area contributed by atoms with Gasteiger partial charge in [-0.1, -0.05) is 19.9 Å². The summed E-state index contributed by atoms with van der Waals surface area (Å²) < 4.78 is 1.61. The quantitative estimate of drug-likeness (QED) is 0.807. The molecule has 0 radical (unpaired) electrons. The van der Waals surface area contributed by atoms with Crippen molar-refractivity contribution >= 4 is 0 Å². The smallest absolute Gasteiger partial charge is 0.153 e. The van der Waals surface area contributed by atoms with E-state index in [0.29, 0.717) is 11.5 Å². The standard InChI is InChI=1S/C13H14N4/c1-10(2)5-11-3-4-13(15-7-11)17-9-12(6-14)8-16-17/h3-4,7-10H,5H2,1-2H3. The van der Waals surface area contributed by atoms with Gasteiger partial charge in [0.2, 0.25) is 0 Å². The number of nitriles is 1. The maximum Gasteiger partial charge on any atom is 0.153 e. The fourth-order valence-corrected chi connectivity index (χ4v) is 1.65. The summed E-state index contributed by atoms with van der Waals surface area (Å²) in [5.74, 6) is 1.36. The second kappa shape index (κ2) is 4.79. The first kappa shape index (κ1) is 11.3. The van der Waals surface area contributed by atoms with E-state index < -0.39 is 0 Å². The Bertz CT molecular complexity index is 531. The molecule has 86 valence electrons. The highest BCUT2D eigenvalue weighted by Gasteiger charge is 2.02. The van der Waals surface area contributed by atoms with Crippen molar-refractivity contribution in [1.82, 2.24) is 14.8 Å². The molecule has 2 aromatic heterocycles. The predicted molar refractivity (Wildman–Crippen MR) is 64.6 cm³/mol. The van der Waals surface area contributed by atoms with Gasteiger partial charge in [0.1, 0.15) is 6.07 Å². The minimum Gasteiger partial charge on any atom is -0.237 e. The van der Waals surface area contributed by atoms with Crippen LogP contribution in [-0.2, 0) is 6.42 Å². The lowest BCUT2D eigenvalue weighted by Gasteiger charge is -2.05. The lowest BCUT2D eigenvalue weighted by molar-refractivity contribution is 0.645. The van der Waals surface area contributed by atoms with Crippen LogP contribution >= 0.6 is 0 Å². The Morgan fingerprint density at radius 2 is 2.18 bits per heavy atom. The highest BCUT2D eigenvalue weighted by Crippen LogP contribution is 2.10. The van der Waals surface area contributed by atoms with Gasteiger partial charge in [0.25, 0.3) is 0 Å². The molecule has 0 N–H and O–H groups in total. The molecular weight excluding hydrogens is 212 g/mol. The largest absolute Gasteiger partial charge is 0.237 e. The number of pyridine rings is 1. The van der Waals surface area contributed by atoms with Crippen LogP contribution in [0, 0.1) is 17.2 Å². The zero-order valence-electron chi connectivity index (χ0n) is 9.96. The van der Waals surface area contributed by atoms with Crippen molar-refractivity contribution < 1.29 is 0 Å². The van der Waals surface area contributed by atoms with E-state index in [4.69, 9.17) is 5.26 Å². The van der Waals surface area contributed by atoms with Crippen molar-refractivity contribution in [1.29, 1.82) is 5.26 Å². The summed E-state index contributed by atoms with van der Waals surface area (Å²) in [6, 6.07) is 6.02. The topological polar surface area (TPSA) is 54.5 Å². The molecular formula is C13H14N4. The van der Waals surface area contributed by atoms with Gasteiger partial charge >= 0.3 is 0 Å². The van der Waals surface area contributed by atoms with Crippen LogP contribution in [0.4, 0.5) is 0 Å². The minimum atomic E-state index is 0.540. The van der Waals surface area contributed by atoms with E-state index >= 15 is 0 Å². The van der Waals surface area contributed by atoms with Gasteiger partial charge in [-0.3, -0.25) is 0 Å². The molecule has 0 amide bonds. The van der Waals surface area contributed by atoms with Crippen LogP contribution < -0.4 is 0 Å². The minimum absolute atomic E-state index is 0.540. The maximum atomic E-state index is 8.72. The molecule has 0 aromatic carbocycles. The zero-order valence-corrected chi connectivity index (χ0v) is 9.96. The fraction of sp³-hybridized carbons (Fsp3) is 0.308. The molecule has 0 fully saturated rings. The fourth-order valence-electron chi connectivity index (χ4n) is 1.65. The van der Waals surface area contributed by atoms with E-state index in [1.54, 1.807) is 10.9 Å². The van der Waals surface area contributed by atoms with Crippen molar-refractivity contribution in [2.75, 3.05) is 0 Å². The number of rotatable bonds is 3. The van der Waals surface area contributed by atoms with E-state index in [2.05, 4.69) is 30.0 Å².